The fourth-order valence-corrected chi connectivity index (χ4v) is 2.23. The van der Waals surface area contributed by atoms with Crippen LogP contribution in [0.25, 0.3) is 5.69 Å². The zero-order valence-electron chi connectivity index (χ0n) is 11.3. The van der Waals surface area contributed by atoms with Crippen LogP contribution in [-0.4, -0.2) is 29.2 Å². The van der Waals surface area contributed by atoms with Gasteiger partial charge in [0.15, 0.2) is 5.69 Å². The molecular weight excluding hydrogens is 256 g/mol. The van der Waals surface area contributed by atoms with Crippen molar-refractivity contribution < 1.29 is 9.47 Å². The van der Waals surface area contributed by atoms with Crippen LogP contribution in [0.3, 0.4) is 0 Å². The van der Waals surface area contributed by atoms with Crippen molar-refractivity contribution in [3.63, 3.8) is 0 Å². The molecule has 0 saturated heterocycles. The second-order valence-electron chi connectivity index (χ2n) is 4.66. The summed E-state index contributed by atoms with van der Waals surface area (Å²) in [5.74, 6) is 1.71. The van der Waals surface area contributed by atoms with Crippen molar-refractivity contribution in [2.24, 2.45) is 0 Å². The Balaban J connectivity index is 2.14. The second-order valence-corrected chi connectivity index (χ2v) is 4.66. The summed E-state index contributed by atoms with van der Waals surface area (Å²) in [6.07, 6.45) is 2.14. The smallest absolute Gasteiger partial charge is 0.186 e. The topological polar surface area (TPSA) is 73.0 Å². The van der Waals surface area contributed by atoms with Crippen molar-refractivity contribution in [3.05, 3.63) is 29.6 Å². The van der Waals surface area contributed by atoms with Crippen LogP contribution < -0.4 is 9.47 Å². The largest absolute Gasteiger partial charge is 0.497 e. The number of nitriles is 1. The highest BCUT2D eigenvalue weighted by Crippen LogP contribution is 2.42. The van der Waals surface area contributed by atoms with E-state index in [9.17, 15) is 0 Å². The summed E-state index contributed by atoms with van der Waals surface area (Å²) >= 11 is 0. The highest BCUT2D eigenvalue weighted by Gasteiger charge is 2.32. The Bertz CT molecular complexity index is 683. The minimum atomic E-state index is 0.367. The summed E-state index contributed by atoms with van der Waals surface area (Å²) in [5.41, 5.74) is 2.03. The van der Waals surface area contributed by atoms with Gasteiger partial charge in [0.05, 0.1) is 19.9 Å². The van der Waals surface area contributed by atoms with Crippen LogP contribution in [0.1, 0.15) is 30.1 Å². The highest BCUT2D eigenvalue weighted by atomic mass is 16.5. The molecule has 0 spiro atoms. The zero-order chi connectivity index (χ0) is 14.1. The van der Waals surface area contributed by atoms with Gasteiger partial charge in [-0.05, 0) is 25.0 Å². The summed E-state index contributed by atoms with van der Waals surface area (Å²) in [7, 11) is 3.20. The van der Waals surface area contributed by atoms with Gasteiger partial charge in [0.25, 0.3) is 0 Å². The van der Waals surface area contributed by atoms with E-state index in [0.717, 1.165) is 24.2 Å². The number of benzene rings is 1. The van der Waals surface area contributed by atoms with E-state index >= 15 is 0 Å². The summed E-state index contributed by atoms with van der Waals surface area (Å²) in [6.45, 7) is 0. The molecule has 0 bridgehead atoms. The number of rotatable bonds is 4. The fraction of sp³-hybridized carbons (Fsp3) is 0.357. The number of ether oxygens (including phenoxy) is 2. The van der Waals surface area contributed by atoms with Crippen molar-refractivity contribution in [1.82, 2.24) is 15.0 Å². The van der Waals surface area contributed by atoms with Crippen LogP contribution in [0.2, 0.25) is 0 Å². The van der Waals surface area contributed by atoms with Gasteiger partial charge in [-0.2, -0.15) is 5.26 Å². The molecule has 3 rings (SSSR count). The molecule has 6 heteroatoms. The number of aromatic nitrogens is 3. The Kier molecular flexibility index (Phi) is 3.03. The maximum atomic E-state index is 9.15. The van der Waals surface area contributed by atoms with E-state index < -0.39 is 0 Å². The molecule has 1 aliphatic carbocycles. The van der Waals surface area contributed by atoms with Crippen LogP contribution >= 0.6 is 0 Å². The Morgan fingerprint density at radius 3 is 2.70 bits per heavy atom. The quantitative estimate of drug-likeness (QED) is 0.850. The lowest BCUT2D eigenvalue weighted by molar-refractivity contribution is 0.392. The summed E-state index contributed by atoms with van der Waals surface area (Å²) < 4.78 is 12.3. The first kappa shape index (κ1) is 12.5. The van der Waals surface area contributed by atoms with Crippen molar-refractivity contribution >= 4 is 0 Å². The molecule has 1 fully saturated rings. The zero-order valence-corrected chi connectivity index (χ0v) is 11.3. The van der Waals surface area contributed by atoms with E-state index in [1.807, 2.05) is 12.1 Å². The van der Waals surface area contributed by atoms with Gasteiger partial charge < -0.3 is 9.47 Å². The van der Waals surface area contributed by atoms with E-state index in [-0.39, 0.29) is 0 Å². The third-order valence-electron chi connectivity index (χ3n) is 3.39. The number of nitrogens with zero attached hydrogens (tertiary/aromatic N) is 4. The van der Waals surface area contributed by atoms with Gasteiger partial charge in [-0.1, -0.05) is 5.21 Å². The molecule has 0 unspecified atom stereocenters. The van der Waals surface area contributed by atoms with Gasteiger partial charge in [0.1, 0.15) is 23.3 Å². The molecule has 102 valence electrons. The van der Waals surface area contributed by atoms with E-state index in [2.05, 4.69) is 16.4 Å². The maximum absolute atomic E-state index is 9.15. The van der Waals surface area contributed by atoms with Crippen LogP contribution in [-0.2, 0) is 0 Å². The molecule has 0 N–H and O–H groups in total. The standard InChI is InChI=1S/C14H14N4O2/c1-19-10-5-6-12(13(7-10)20-2)18-14(9-3-4-9)11(8-15)16-17-18/h5-7,9H,3-4H2,1-2H3. The summed E-state index contributed by atoms with van der Waals surface area (Å²) in [4.78, 5) is 0. The van der Waals surface area contributed by atoms with Crippen molar-refractivity contribution in [1.29, 1.82) is 5.26 Å². The first-order valence-electron chi connectivity index (χ1n) is 6.36. The Morgan fingerprint density at radius 1 is 1.30 bits per heavy atom. The molecule has 1 aromatic carbocycles. The van der Waals surface area contributed by atoms with Gasteiger partial charge in [-0.3, -0.25) is 0 Å². The van der Waals surface area contributed by atoms with Crippen LogP contribution in [0.4, 0.5) is 0 Å². The number of hydrogen-bond donors (Lipinski definition) is 0. The third kappa shape index (κ3) is 1.97. The van der Waals surface area contributed by atoms with Crippen LogP contribution in [0.5, 0.6) is 11.5 Å². The second kappa shape index (κ2) is 4.85. The van der Waals surface area contributed by atoms with Gasteiger partial charge >= 0.3 is 0 Å². The first-order valence-corrected chi connectivity index (χ1v) is 6.36. The Morgan fingerprint density at radius 2 is 2.10 bits per heavy atom. The lowest BCUT2D eigenvalue weighted by Gasteiger charge is -2.11. The molecule has 1 aliphatic rings. The minimum Gasteiger partial charge on any atom is -0.497 e. The molecule has 1 aromatic heterocycles. The van der Waals surface area contributed by atoms with Gasteiger partial charge in [0.2, 0.25) is 0 Å². The average Bonchev–Trinajstić information content (AvgIpc) is 3.25. The highest BCUT2D eigenvalue weighted by molar-refractivity contribution is 5.52. The Labute approximate surface area is 116 Å². The van der Waals surface area contributed by atoms with Crippen LogP contribution in [0, 0.1) is 11.3 Å². The minimum absolute atomic E-state index is 0.367. The average molecular weight is 270 g/mol. The lowest BCUT2D eigenvalue weighted by Crippen LogP contribution is -2.04. The number of hydrogen-bond acceptors (Lipinski definition) is 5. The SMILES string of the molecule is COc1ccc(-n2nnc(C#N)c2C2CC2)c(OC)c1. The molecule has 1 saturated carbocycles. The monoisotopic (exact) mass is 270 g/mol. The van der Waals surface area contributed by atoms with Crippen molar-refractivity contribution in [2.45, 2.75) is 18.8 Å². The van der Waals surface area contributed by atoms with Gasteiger partial charge in [0, 0.05) is 12.0 Å². The van der Waals surface area contributed by atoms with Crippen LogP contribution in [0.15, 0.2) is 18.2 Å². The van der Waals surface area contributed by atoms with Gasteiger partial charge in [-0.25, -0.2) is 4.68 Å². The maximum Gasteiger partial charge on any atom is 0.186 e. The molecule has 1 heterocycles. The molecule has 2 aromatic rings. The normalized spacial score (nSPS) is 13.8. The summed E-state index contributed by atoms with van der Waals surface area (Å²) in [6, 6.07) is 7.59. The summed E-state index contributed by atoms with van der Waals surface area (Å²) in [5, 5.41) is 17.2. The van der Waals surface area contributed by atoms with Crippen molar-refractivity contribution in [3.8, 4) is 23.3 Å². The predicted molar refractivity (Wildman–Crippen MR) is 71.2 cm³/mol. The van der Waals surface area contributed by atoms with E-state index in [4.69, 9.17) is 14.7 Å². The Hall–Kier alpha value is -2.55. The predicted octanol–water partition coefficient (Wildman–Crippen LogP) is 2.03. The van der Waals surface area contributed by atoms with E-state index in [1.165, 1.54) is 0 Å². The molecule has 0 amide bonds. The molecular formula is C14H14N4O2. The molecule has 0 radical (unpaired) electrons. The van der Waals surface area contributed by atoms with E-state index in [0.29, 0.717) is 23.1 Å². The lowest BCUT2D eigenvalue weighted by atomic mass is 10.2. The molecule has 20 heavy (non-hydrogen) atoms. The fourth-order valence-electron chi connectivity index (χ4n) is 2.23. The molecule has 0 aliphatic heterocycles. The molecule has 6 nitrogen and oxygen atoms in total. The number of methoxy groups -OCH3 is 2. The molecule has 0 atom stereocenters. The van der Waals surface area contributed by atoms with Crippen molar-refractivity contribution in [2.75, 3.05) is 14.2 Å². The van der Waals surface area contributed by atoms with Gasteiger partial charge in [-0.15, -0.1) is 5.10 Å². The third-order valence-corrected chi connectivity index (χ3v) is 3.39. The first-order chi connectivity index (χ1) is 9.78. The van der Waals surface area contributed by atoms with E-state index in [1.54, 1.807) is 25.0 Å².